The molecule has 3 aromatic rings. The van der Waals surface area contributed by atoms with E-state index in [1.165, 1.54) is 40.5 Å². The second-order valence-corrected chi connectivity index (χ2v) is 7.46. The lowest BCUT2D eigenvalue weighted by Gasteiger charge is -2.25. The van der Waals surface area contributed by atoms with Gasteiger partial charge in [0.05, 0.1) is 12.2 Å². The maximum atomic E-state index is 13.3. The Morgan fingerprint density at radius 3 is 2.50 bits per heavy atom. The number of nitrogens with zero attached hydrogens (tertiary/aromatic N) is 2. The Hall–Kier alpha value is -3.06. The smallest absolute Gasteiger partial charge is 0.319 e. The first-order chi connectivity index (χ1) is 13.5. The molecule has 1 aliphatic heterocycles. The molecule has 7 heteroatoms. The van der Waals surface area contributed by atoms with Crippen molar-refractivity contribution in [3.8, 4) is 10.6 Å². The normalized spacial score (nSPS) is 19.1. The Morgan fingerprint density at radius 2 is 1.82 bits per heavy atom. The number of benzene rings is 2. The third-order valence-corrected chi connectivity index (χ3v) is 5.88. The van der Waals surface area contributed by atoms with Gasteiger partial charge in [0, 0.05) is 10.9 Å². The molecule has 1 atom stereocenters. The molecule has 3 amide bonds. The minimum Gasteiger partial charge on any atom is -0.319 e. The molecular formula is C21H18FN3O2S. The van der Waals surface area contributed by atoms with Gasteiger partial charge in [-0.3, -0.25) is 9.69 Å². The average Bonchev–Trinajstić information content (AvgIpc) is 3.28. The van der Waals surface area contributed by atoms with Crippen LogP contribution in [-0.2, 0) is 16.9 Å². The average molecular weight is 395 g/mol. The van der Waals surface area contributed by atoms with Crippen LogP contribution in [0.1, 0.15) is 24.6 Å². The van der Waals surface area contributed by atoms with Gasteiger partial charge in [0.15, 0.2) is 0 Å². The quantitative estimate of drug-likeness (QED) is 0.655. The van der Waals surface area contributed by atoms with Gasteiger partial charge in [0.1, 0.15) is 16.4 Å². The largest absolute Gasteiger partial charge is 0.325 e. The third kappa shape index (κ3) is 3.07. The van der Waals surface area contributed by atoms with Crippen molar-refractivity contribution >= 4 is 23.3 Å². The number of hydrogen-bond acceptors (Lipinski definition) is 4. The van der Waals surface area contributed by atoms with Gasteiger partial charge >= 0.3 is 6.03 Å². The van der Waals surface area contributed by atoms with Gasteiger partial charge < -0.3 is 5.32 Å². The SMILES string of the molecule is CCC1(c2ccc(F)cc2)NC(=O)N(Cc2csc(-c3ccccc3)n2)C1=O. The van der Waals surface area contributed by atoms with Crippen LogP contribution in [0.2, 0.25) is 0 Å². The van der Waals surface area contributed by atoms with Crippen molar-refractivity contribution in [3.63, 3.8) is 0 Å². The summed E-state index contributed by atoms with van der Waals surface area (Å²) < 4.78 is 13.3. The predicted molar refractivity (Wildman–Crippen MR) is 105 cm³/mol. The van der Waals surface area contributed by atoms with Crippen LogP contribution in [0, 0.1) is 5.82 Å². The third-order valence-electron chi connectivity index (χ3n) is 4.94. The zero-order valence-corrected chi connectivity index (χ0v) is 16.0. The Labute approximate surface area is 165 Å². The second-order valence-electron chi connectivity index (χ2n) is 6.60. The van der Waals surface area contributed by atoms with Gasteiger partial charge in [-0.25, -0.2) is 14.2 Å². The van der Waals surface area contributed by atoms with Crippen LogP contribution in [0.4, 0.5) is 9.18 Å². The van der Waals surface area contributed by atoms with E-state index in [0.717, 1.165) is 10.6 Å². The lowest BCUT2D eigenvalue weighted by atomic mass is 9.87. The molecular weight excluding hydrogens is 377 g/mol. The zero-order chi connectivity index (χ0) is 19.7. The number of rotatable bonds is 5. The van der Waals surface area contributed by atoms with Crippen molar-refractivity contribution in [1.82, 2.24) is 15.2 Å². The Kier molecular flexibility index (Phi) is 4.68. The summed E-state index contributed by atoms with van der Waals surface area (Å²) in [6.45, 7) is 1.92. The van der Waals surface area contributed by atoms with Gasteiger partial charge in [-0.1, -0.05) is 49.4 Å². The zero-order valence-electron chi connectivity index (χ0n) is 15.2. The summed E-state index contributed by atoms with van der Waals surface area (Å²) in [6.07, 6.45) is 0.367. The number of thiazole rings is 1. The van der Waals surface area contributed by atoms with E-state index in [4.69, 9.17) is 0 Å². The fraction of sp³-hybridized carbons (Fsp3) is 0.190. The van der Waals surface area contributed by atoms with Crippen molar-refractivity contribution in [3.05, 3.63) is 77.1 Å². The summed E-state index contributed by atoms with van der Waals surface area (Å²) >= 11 is 1.47. The Bertz CT molecular complexity index is 1020. The summed E-state index contributed by atoms with van der Waals surface area (Å²) in [5.74, 6) is -0.736. The molecule has 0 spiro atoms. The first-order valence-electron chi connectivity index (χ1n) is 8.93. The van der Waals surface area contributed by atoms with E-state index in [1.807, 2.05) is 42.6 Å². The molecule has 4 rings (SSSR count). The lowest BCUT2D eigenvalue weighted by molar-refractivity contribution is -0.132. The van der Waals surface area contributed by atoms with Gasteiger partial charge in [0.2, 0.25) is 0 Å². The standard InChI is InChI=1S/C21H18FN3O2S/c1-2-21(15-8-10-16(22)11-9-15)19(26)25(20(27)24-21)12-17-13-28-18(23-17)14-6-4-3-5-7-14/h3-11,13H,2,12H2,1H3,(H,24,27). The second kappa shape index (κ2) is 7.16. The van der Waals surface area contributed by atoms with E-state index in [2.05, 4.69) is 10.3 Å². The highest BCUT2D eigenvalue weighted by Gasteiger charge is 2.51. The van der Waals surface area contributed by atoms with Gasteiger partial charge in [-0.05, 0) is 24.1 Å². The first-order valence-corrected chi connectivity index (χ1v) is 9.81. The summed E-state index contributed by atoms with van der Waals surface area (Å²) in [6, 6.07) is 14.9. The maximum absolute atomic E-state index is 13.3. The number of carbonyl (C=O) groups excluding carboxylic acids is 2. The molecule has 5 nitrogen and oxygen atoms in total. The van der Waals surface area contributed by atoms with Crippen molar-refractivity contribution < 1.29 is 14.0 Å². The predicted octanol–water partition coefficient (Wildman–Crippen LogP) is 4.31. The molecule has 2 heterocycles. The first kappa shape index (κ1) is 18.3. The molecule has 28 heavy (non-hydrogen) atoms. The molecule has 1 unspecified atom stereocenters. The van der Waals surface area contributed by atoms with E-state index >= 15 is 0 Å². The highest BCUT2D eigenvalue weighted by atomic mass is 32.1. The van der Waals surface area contributed by atoms with E-state index < -0.39 is 11.6 Å². The minimum atomic E-state index is -1.18. The lowest BCUT2D eigenvalue weighted by Crippen LogP contribution is -2.43. The van der Waals surface area contributed by atoms with Crippen LogP contribution in [0.25, 0.3) is 10.6 Å². The molecule has 2 aromatic carbocycles. The topological polar surface area (TPSA) is 62.3 Å². The number of nitrogens with one attached hydrogen (secondary N) is 1. The van der Waals surface area contributed by atoms with Crippen molar-refractivity contribution in [2.24, 2.45) is 0 Å². The maximum Gasteiger partial charge on any atom is 0.325 e. The van der Waals surface area contributed by atoms with E-state index in [1.54, 1.807) is 0 Å². The molecule has 0 bridgehead atoms. The van der Waals surface area contributed by atoms with Crippen molar-refractivity contribution in [2.75, 3.05) is 0 Å². The number of aromatic nitrogens is 1. The monoisotopic (exact) mass is 395 g/mol. The van der Waals surface area contributed by atoms with Gasteiger partial charge in [-0.2, -0.15) is 0 Å². The van der Waals surface area contributed by atoms with Crippen LogP contribution >= 0.6 is 11.3 Å². The van der Waals surface area contributed by atoms with Crippen LogP contribution < -0.4 is 5.32 Å². The Balaban J connectivity index is 1.59. The fourth-order valence-electron chi connectivity index (χ4n) is 3.40. The molecule has 0 aliphatic carbocycles. The number of imide groups is 1. The van der Waals surface area contributed by atoms with E-state index in [0.29, 0.717) is 17.7 Å². The van der Waals surface area contributed by atoms with Crippen LogP contribution in [0.5, 0.6) is 0 Å². The number of carbonyl (C=O) groups is 2. The molecule has 0 saturated carbocycles. The molecule has 1 aliphatic rings. The van der Waals surface area contributed by atoms with Crippen LogP contribution in [-0.4, -0.2) is 21.8 Å². The highest BCUT2D eigenvalue weighted by Crippen LogP contribution is 2.34. The summed E-state index contributed by atoms with van der Waals surface area (Å²) in [5, 5.41) is 5.49. The highest BCUT2D eigenvalue weighted by molar-refractivity contribution is 7.13. The van der Waals surface area contributed by atoms with Crippen molar-refractivity contribution in [1.29, 1.82) is 0 Å². The van der Waals surface area contributed by atoms with Crippen LogP contribution in [0.15, 0.2) is 60.0 Å². The number of amides is 3. The van der Waals surface area contributed by atoms with E-state index in [-0.39, 0.29) is 18.3 Å². The summed E-state index contributed by atoms with van der Waals surface area (Å²) in [7, 11) is 0. The number of hydrogen-bond donors (Lipinski definition) is 1. The van der Waals surface area contributed by atoms with Gasteiger partial charge in [-0.15, -0.1) is 11.3 Å². The molecule has 142 valence electrons. The van der Waals surface area contributed by atoms with E-state index in [9.17, 15) is 14.0 Å². The summed E-state index contributed by atoms with van der Waals surface area (Å²) in [5.41, 5.74) is 1.03. The summed E-state index contributed by atoms with van der Waals surface area (Å²) in [4.78, 5) is 31.5. The molecule has 1 saturated heterocycles. The Morgan fingerprint density at radius 1 is 1.11 bits per heavy atom. The number of urea groups is 1. The fourth-order valence-corrected chi connectivity index (χ4v) is 4.22. The van der Waals surface area contributed by atoms with Gasteiger partial charge in [0.25, 0.3) is 5.91 Å². The molecule has 0 radical (unpaired) electrons. The van der Waals surface area contributed by atoms with Crippen LogP contribution in [0.3, 0.4) is 0 Å². The molecule has 1 N–H and O–H groups in total. The number of halogens is 1. The van der Waals surface area contributed by atoms with Crippen molar-refractivity contribution in [2.45, 2.75) is 25.4 Å². The molecule has 1 aromatic heterocycles. The molecule has 1 fully saturated rings. The minimum absolute atomic E-state index is 0.0942.